The van der Waals surface area contributed by atoms with Crippen molar-refractivity contribution < 1.29 is 32.4 Å². The summed E-state index contributed by atoms with van der Waals surface area (Å²) in [5, 5.41) is 11.2. The molecule has 2 saturated carbocycles. The smallest absolute Gasteiger partial charge is 0.315 e. The fourth-order valence-corrected chi connectivity index (χ4v) is 9.18. The number of nitrogens with zero attached hydrogens (tertiary/aromatic N) is 3. The highest BCUT2D eigenvalue weighted by Crippen LogP contribution is 2.65. The van der Waals surface area contributed by atoms with E-state index in [-0.39, 0.29) is 36.3 Å². The first-order valence-corrected chi connectivity index (χ1v) is 20.2. The summed E-state index contributed by atoms with van der Waals surface area (Å²) in [5.41, 5.74) is -1.51. The summed E-state index contributed by atoms with van der Waals surface area (Å²) < 4.78 is 29.5. The van der Waals surface area contributed by atoms with Crippen molar-refractivity contribution in [2.75, 3.05) is 39.8 Å². The van der Waals surface area contributed by atoms with Gasteiger partial charge in [-0.1, -0.05) is 80.7 Å². The molecule has 15 heteroatoms. The van der Waals surface area contributed by atoms with Crippen LogP contribution in [0.1, 0.15) is 93.9 Å². The standard InChI is InChI=1S/C37H63N7O7S/c1-11-17-38-32(47)29(45)25(20-23-15-16-23)39-31(46)28-27-24(37(27,8)9)21-44(28)33(48)30(36(5,6)7)41-34(49)40-26(35(2,3)4)22-42(10)52(50,51)43-18-13-12-14-19-43/h11,23-28,30H,1,12-22H2,2-10H3,(H,38,47)(H,39,46)(H2,40,41,49)/t24-,25?,26+,27-,28-,30+/m0/s1. The molecule has 2 aliphatic heterocycles. The lowest BCUT2D eigenvalue weighted by atomic mass is 9.85. The summed E-state index contributed by atoms with van der Waals surface area (Å²) >= 11 is 0. The van der Waals surface area contributed by atoms with E-state index in [4.69, 9.17) is 0 Å². The Morgan fingerprint density at radius 3 is 2.10 bits per heavy atom. The fraction of sp³-hybridized carbons (Fsp3) is 0.811. The molecule has 0 aromatic heterocycles. The van der Waals surface area contributed by atoms with Gasteiger partial charge in [0.15, 0.2) is 0 Å². The molecule has 294 valence electrons. The summed E-state index contributed by atoms with van der Waals surface area (Å²) in [7, 11) is -2.21. The third-order valence-corrected chi connectivity index (χ3v) is 13.5. The first-order valence-electron chi connectivity index (χ1n) is 18.8. The summed E-state index contributed by atoms with van der Waals surface area (Å²) in [4.78, 5) is 69.7. The van der Waals surface area contributed by atoms with E-state index < -0.39 is 74.7 Å². The minimum absolute atomic E-state index is 0.0308. The maximum atomic E-state index is 14.5. The lowest BCUT2D eigenvalue weighted by Crippen LogP contribution is -2.63. The Hall–Kier alpha value is -3.04. The molecule has 2 saturated heterocycles. The summed E-state index contributed by atoms with van der Waals surface area (Å²) in [6.45, 7) is 20.3. The van der Waals surface area contributed by atoms with Gasteiger partial charge in [0, 0.05) is 45.8 Å². The van der Waals surface area contributed by atoms with Crippen LogP contribution >= 0.6 is 0 Å². The zero-order chi connectivity index (χ0) is 39.0. The predicted octanol–water partition coefficient (Wildman–Crippen LogP) is 2.42. The lowest BCUT2D eigenvalue weighted by Gasteiger charge is -2.39. The van der Waals surface area contributed by atoms with E-state index in [0.29, 0.717) is 26.1 Å². The monoisotopic (exact) mass is 749 g/mol. The molecule has 2 aliphatic carbocycles. The van der Waals surface area contributed by atoms with Crippen molar-refractivity contribution in [2.45, 2.75) is 118 Å². The van der Waals surface area contributed by atoms with Crippen LogP contribution in [0.15, 0.2) is 12.7 Å². The molecule has 0 spiro atoms. The Morgan fingerprint density at radius 2 is 1.56 bits per heavy atom. The van der Waals surface area contributed by atoms with E-state index >= 15 is 0 Å². The number of piperidine rings is 2. The second-order valence-corrected chi connectivity index (χ2v) is 20.1. The van der Waals surface area contributed by atoms with Crippen LogP contribution in [0.25, 0.3) is 0 Å². The molecule has 5 amide bonds. The molecular weight excluding hydrogens is 687 g/mol. The molecule has 0 aromatic carbocycles. The van der Waals surface area contributed by atoms with E-state index in [1.165, 1.54) is 26.6 Å². The van der Waals surface area contributed by atoms with E-state index in [1.807, 2.05) is 41.5 Å². The number of rotatable bonds is 15. The summed E-state index contributed by atoms with van der Waals surface area (Å²) in [6.07, 6.45) is 6.27. The molecule has 4 N–H and O–H groups in total. The van der Waals surface area contributed by atoms with Crippen molar-refractivity contribution in [1.29, 1.82) is 0 Å². The molecule has 4 aliphatic rings. The molecule has 0 aromatic rings. The quantitative estimate of drug-likeness (QED) is 0.147. The van der Waals surface area contributed by atoms with Crippen LogP contribution in [0.3, 0.4) is 0 Å². The van der Waals surface area contributed by atoms with Crippen molar-refractivity contribution in [3.05, 3.63) is 12.7 Å². The molecule has 6 atom stereocenters. The van der Waals surface area contributed by atoms with Crippen molar-refractivity contribution >= 4 is 39.7 Å². The summed E-state index contributed by atoms with van der Waals surface area (Å²) in [6, 6.07) is -4.16. The minimum Gasteiger partial charge on any atom is -0.346 e. The number of hydrogen-bond acceptors (Lipinski definition) is 7. The highest BCUT2D eigenvalue weighted by Gasteiger charge is 2.70. The fourth-order valence-electron chi connectivity index (χ4n) is 7.72. The predicted molar refractivity (Wildman–Crippen MR) is 199 cm³/mol. The number of hydrogen-bond donors (Lipinski definition) is 4. The molecular formula is C37H63N7O7S. The third-order valence-electron chi connectivity index (χ3n) is 11.5. The van der Waals surface area contributed by atoms with Gasteiger partial charge in [0.25, 0.3) is 16.1 Å². The Kier molecular flexibility index (Phi) is 12.6. The van der Waals surface area contributed by atoms with Gasteiger partial charge in [0.1, 0.15) is 12.1 Å². The zero-order valence-corrected chi connectivity index (χ0v) is 33.5. The van der Waals surface area contributed by atoms with Crippen molar-refractivity contribution in [2.24, 2.45) is 34.0 Å². The second-order valence-electron chi connectivity index (χ2n) is 18.1. The van der Waals surface area contributed by atoms with Crippen LogP contribution in [0.4, 0.5) is 4.79 Å². The van der Waals surface area contributed by atoms with Crippen molar-refractivity contribution in [3.63, 3.8) is 0 Å². The number of likely N-dealkylation sites (N-methyl/N-ethyl adjacent to an activating group) is 1. The number of amides is 5. The Morgan fingerprint density at radius 1 is 0.942 bits per heavy atom. The van der Waals surface area contributed by atoms with Gasteiger partial charge in [-0.05, 0) is 53.3 Å². The minimum atomic E-state index is -3.73. The van der Waals surface area contributed by atoms with E-state index in [2.05, 4.69) is 41.7 Å². The van der Waals surface area contributed by atoms with E-state index in [0.717, 1.165) is 32.1 Å². The van der Waals surface area contributed by atoms with Gasteiger partial charge in [0.05, 0.1) is 6.04 Å². The maximum absolute atomic E-state index is 14.5. The van der Waals surface area contributed by atoms with Crippen LogP contribution in [0, 0.1) is 34.0 Å². The van der Waals surface area contributed by atoms with Crippen LogP contribution in [0.2, 0.25) is 0 Å². The SMILES string of the molecule is C=CCNC(=O)C(=O)C(CC1CC1)NC(=O)[C@@H]1[C@@H]2[C@H](CN1C(=O)[C@@H](NC(=O)N[C@H](CN(C)S(=O)(=O)N1CCCCC1)C(C)(C)C)C(C)(C)C)C2(C)C. The summed E-state index contributed by atoms with van der Waals surface area (Å²) in [5.74, 6) is -2.28. The number of urea groups is 1. The van der Waals surface area contributed by atoms with E-state index in [9.17, 15) is 32.4 Å². The van der Waals surface area contributed by atoms with Gasteiger partial charge in [-0.25, -0.2) is 4.79 Å². The van der Waals surface area contributed by atoms with Crippen molar-refractivity contribution in [1.82, 2.24) is 34.8 Å². The van der Waals surface area contributed by atoms with Crippen LogP contribution < -0.4 is 21.3 Å². The largest absolute Gasteiger partial charge is 0.346 e. The molecule has 4 fully saturated rings. The molecule has 14 nitrogen and oxygen atoms in total. The van der Waals surface area contributed by atoms with Crippen LogP contribution in [0.5, 0.6) is 0 Å². The Bertz CT molecular complexity index is 1490. The number of likely N-dealkylation sites (tertiary alicyclic amines) is 1. The number of carbonyl (C=O) groups is 5. The van der Waals surface area contributed by atoms with Crippen LogP contribution in [-0.2, 0) is 29.4 Å². The zero-order valence-electron chi connectivity index (χ0n) is 32.7. The Labute approximate surface area is 310 Å². The lowest BCUT2D eigenvalue weighted by molar-refractivity contribution is -0.145. The molecule has 2 heterocycles. The number of Topliss-reactive ketones (excluding diaryl/α,β-unsaturated/α-hetero) is 1. The number of fused-ring (bicyclic) bond motifs is 1. The Balaban J connectivity index is 1.51. The van der Waals surface area contributed by atoms with Gasteiger partial charge >= 0.3 is 6.03 Å². The van der Waals surface area contributed by atoms with Gasteiger partial charge in [0.2, 0.25) is 17.6 Å². The van der Waals surface area contributed by atoms with Gasteiger partial charge in [-0.3, -0.25) is 19.2 Å². The average molecular weight is 750 g/mol. The molecule has 0 bridgehead atoms. The topological polar surface area (TPSA) is 177 Å². The van der Waals surface area contributed by atoms with Crippen molar-refractivity contribution in [3.8, 4) is 0 Å². The second kappa shape index (κ2) is 15.7. The number of ketones is 1. The number of nitrogens with one attached hydrogen (secondary N) is 4. The third kappa shape index (κ3) is 9.54. The molecule has 1 unspecified atom stereocenters. The highest BCUT2D eigenvalue weighted by atomic mass is 32.2. The number of carbonyl (C=O) groups excluding carboxylic acids is 5. The van der Waals surface area contributed by atoms with Gasteiger partial charge in [-0.15, -0.1) is 6.58 Å². The highest BCUT2D eigenvalue weighted by molar-refractivity contribution is 7.86. The van der Waals surface area contributed by atoms with Gasteiger partial charge < -0.3 is 26.2 Å². The van der Waals surface area contributed by atoms with E-state index in [1.54, 1.807) is 0 Å². The first kappa shape index (κ1) is 41.7. The average Bonchev–Trinajstić information content (AvgIpc) is 3.91. The maximum Gasteiger partial charge on any atom is 0.315 e. The first-order chi connectivity index (χ1) is 24.0. The molecule has 0 radical (unpaired) electrons. The normalized spacial score (nSPS) is 25.0. The van der Waals surface area contributed by atoms with Crippen LogP contribution in [-0.4, -0.2) is 115 Å². The molecule has 4 rings (SSSR count). The molecule has 52 heavy (non-hydrogen) atoms. The van der Waals surface area contributed by atoms with Gasteiger partial charge in [-0.2, -0.15) is 17.0 Å².